The lowest BCUT2D eigenvalue weighted by atomic mass is 10.1. The summed E-state index contributed by atoms with van der Waals surface area (Å²) in [6.45, 7) is 1.99. The van der Waals surface area contributed by atoms with E-state index >= 15 is 0 Å². The topological polar surface area (TPSA) is 21.5 Å². The van der Waals surface area contributed by atoms with E-state index in [0.29, 0.717) is 0 Å². The maximum atomic E-state index is 12.1. The van der Waals surface area contributed by atoms with Crippen LogP contribution in [-0.2, 0) is 6.42 Å². The number of nitrogens with zero attached hydrogens (tertiary/aromatic N) is 1. The predicted molar refractivity (Wildman–Crippen MR) is 65.9 cm³/mol. The molecule has 0 aromatic carbocycles. The molecule has 0 aliphatic carbocycles. The molecule has 0 fully saturated rings. The molecule has 0 aliphatic heterocycles. The molecule has 2 aromatic heterocycles. The molecule has 0 amide bonds. The molecule has 3 heteroatoms. The van der Waals surface area contributed by atoms with Gasteiger partial charge in [0.1, 0.15) is 0 Å². The van der Waals surface area contributed by atoms with E-state index in [9.17, 15) is 4.79 Å². The van der Waals surface area contributed by atoms with Crippen LogP contribution in [0.25, 0.3) is 5.52 Å². The Balaban J connectivity index is 2.78. The van der Waals surface area contributed by atoms with Gasteiger partial charge in [-0.15, -0.1) is 0 Å². The van der Waals surface area contributed by atoms with Crippen LogP contribution in [0.15, 0.2) is 35.3 Å². The van der Waals surface area contributed by atoms with E-state index in [1.165, 1.54) is 0 Å². The third-order valence-corrected chi connectivity index (χ3v) is 2.95. The predicted octanol–water partition coefficient (Wildman–Crippen LogP) is 2.55. The minimum absolute atomic E-state index is 0.102. The van der Waals surface area contributed by atoms with E-state index in [-0.39, 0.29) is 5.56 Å². The number of aromatic nitrogens is 1. The zero-order valence-electron chi connectivity index (χ0n) is 8.53. The molecule has 0 saturated heterocycles. The van der Waals surface area contributed by atoms with Gasteiger partial charge in [0.05, 0.1) is 0 Å². The van der Waals surface area contributed by atoms with E-state index in [4.69, 9.17) is 0 Å². The second-order valence-electron chi connectivity index (χ2n) is 3.55. The maximum Gasteiger partial charge on any atom is 0.258 e. The molecule has 15 heavy (non-hydrogen) atoms. The molecular weight excluding hydrogens is 254 g/mol. The summed E-state index contributed by atoms with van der Waals surface area (Å²) in [6, 6.07) is 7.83. The highest BCUT2D eigenvalue weighted by molar-refractivity contribution is 9.09. The number of pyridine rings is 2. The van der Waals surface area contributed by atoms with Gasteiger partial charge in [0.15, 0.2) is 0 Å². The Hall–Kier alpha value is -1.09. The molecule has 78 valence electrons. The number of alkyl halides is 1. The van der Waals surface area contributed by atoms with Gasteiger partial charge in [-0.3, -0.25) is 9.20 Å². The first-order valence-corrected chi connectivity index (χ1v) is 6.02. The van der Waals surface area contributed by atoms with Crippen molar-refractivity contribution < 1.29 is 0 Å². The number of rotatable bonds is 2. The molecule has 0 N–H and O–H groups in total. The first kappa shape index (κ1) is 10.4. The summed E-state index contributed by atoms with van der Waals surface area (Å²) in [5, 5.41) is 0.821. The fourth-order valence-corrected chi connectivity index (χ4v) is 2.18. The van der Waals surface area contributed by atoms with Crippen molar-refractivity contribution >= 4 is 21.4 Å². The van der Waals surface area contributed by atoms with Gasteiger partial charge < -0.3 is 0 Å². The molecule has 0 unspecified atom stereocenters. The minimum atomic E-state index is 0.102. The highest BCUT2D eigenvalue weighted by Gasteiger charge is 2.06. The first-order valence-electron chi connectivity index (χ1n) is 4.90. The molecule has 2 aromatic rings. The number of aryl methyl sites for hydroxylation is 1. The lowest BCUT2D eigenvalue weighted by Gasteiger charge is -2.06. The van der Waals surface area contributed by atoms with Gasteiger partial charge in [0.25, 0.3) is 5.56 Å². The van der Waals surface area contributed by atoms with Crippen molar-refractivity contribution in [1.82, 2.24) is 4.40 Å². The molecule has 2 rings (SSSR count). The fraction of sp³-hybridized carbons (Fsp3) is 0.250. The van der Waals surface area contributed by atoms with Crippen LogP contribution >= 0.6 is 15.9 Å². The van der Waals surface area contributed by atoms with E-state index in [2.05, 4.69) is 22.0 Å². The Morgan fingerprint density at radius 3 is 2.93 bits per heavy atom. The Bertz CT molecular complexity index is 545. The number of fused-ring (bicyclic) bond motifs is 1. The maximum absolute atomic E-state index is 12.1. The van der Waals surface area contributed by atoms with Crippen LogP contribution in [0.3, 0.4) is 0 Å². The number of hydrogen-bond donors (Lipinski definition) is 0. The molecule has 0 spiro atoms. The number of halogens is 1. The van der Waals surface area contributed by atoms with Crippen LogP contribution in [0.4, 0.5) is 0 Å². The summed E-state index contributed by atoms with van der Waals surface area (Å²) in [4.78, 5) is 12.1. The molecule has 0 saturated carbocycles. The van der Waals surface area contributed by atoms with Crippen molar-refractivity contribution in [3.05, 3.63) is 51.9 Å². The zero-order valence-corrected chi connectivity index (χ0v) is 10.1. The van der Waals surface area contributed by atoms with Crippen molar-refractivity contribution in [1.29, 1.82) is 0 Å². The van der Waals surface area contributed by atoms with Crippen molar-refractivity contribution in [3.8, 4) is 0 Å². The molecule has 2 heterocycles. The van der Waals surface area contributed by atoms with E-state index in [1.807, 2.05) is 31.3 Å². The summed E-state index contributed by atoms with van der Waals surface area (Å²) < 4.78 is 1.70. The Morgan fingerprint density at radius 2 is 2.20 bits per heavy atom. The Kier molecular flexibility index (Phi) is 2.91. The van der Waals surface area contributed by atoms with Crippen LogP contribution in [-0.4, -0.2) is 9.73 Å². The van der Waals surface area contributed by atoms with Crippen molar-refractivity contribution in [2.45, 2.75) is 13.3 Å². The summed E-state index contributed by atoms with van der Waals surface area (Å²) >= 11 is 3.37. The molecule has 0 aliphatic rings. The average Bonchev–Trinajstić information content (AvgIpc) is 2.24. The molecule has 2 nitrogen and oxygen atoms in total. The molecule has 0 radical (unpaired) electrons. The van der Waals surface area contributed by atoms with Gasteiger partial charge in [-0.25, -0.2) is 0 Å². The summed E-state index contributed by atoms with van der Waals surface area (Å²) in [5.74, 6) is 0. The van der Waals surface area contributed by atoms with Crippen LogP contribution in [0.5, 0.6) is 0 Å². The van der Waals surface area contributed by atoms with Crippen LogP contribution in [0, 0.1) is 6.92 Å². The second-order valence-corrected chi connectivity index (χ2v) is 4.34. The minimum Gasteiger partial charge on any atom is -0.284 e. The van der Waals surface area contributed by atoms with Gasteiger partial charge in [-0.2, -0.15) is 0 Å². The SMILES string of the molecule is Cc1cc2ccccn2c(=O)c1CCBr. The van der Waals surface area contributed by atoms with Crippen molar-refractivity contribution in [2.75, 3.05) is 5.33 Å². The molecule has 0 atom stereocenters. The van der Waals surface area contributed by atoms with Crippen LogP contribution < -0.4 is 5.56 Å². The third-order valence-electron chi connectivity index (χ3n) is 2.55. The van der Waals surface area contributed by atoms with Gasteiger partial charge in [0.2, 0.25) is 0 Å². The van der Waals surface area contributed by atoms with E-state index in [0.717, 1.165) is 28.4 Å². The molecular formula is C12H12BrNO. The average molecular weight is 266 g/mol. The largest absolute Gasteiger partial charge is 0.284 e. The number of hydrogen-bond acceptors (Lipinski definition) is 1. The monoisotopic (exact) mass is 265 g/mol. The third kappa shape index (κ3) is 1.84. The summed E-state index contributed by atoms with van der Waals surface area (Å²) in [6.07, 6.45) is 2.59. The van der Waals surface area contributed by atoms with Gasteiger partial charge in [-0.1, -0.05) is 22.0 Å². The lowest BCUT2D eigenvalue weighted by Crippen LogP contribution is -2.19. The van der Waals surface area contributed by atoms with Crippen LogP contribution in [0.2, 0.25) is 0 Å². The summed E-state index contributed by atoms with van der Waals surface area (Å²) in [7, 11) is 0. The second kappa shape index (κ2) is 4.19. The van der Waals surface area contributed by atoms with E-state index in [1.54, 1.807) is 4.40 Å². The van der Waals surface area contributed by atoms with E-state index < -0.39 is 0 Å². The van der Waals surface area contributed by atoms with Gasteiger partial charge in [-0.05, 0) is 37.1 Å². The van der Waals surface area contributed by atoms with Crippen molar-refractivity contribution in [2.24, 2.45) is 0 Å². The van der Waals surface area contributed by atoms with Crippen molar-refractivity contribution in [3.63, 3.8) is 0 Å². The quantitative estimate of drug-likeness (QED) is 0.765. The normalized spacial score (nSPS) is 10.8. The Labute approximate surface area is 96.7 Å². The Morgan fingerprint density at radius 1 is 1.40 bits per heavy atom. The highest BCUT2D eigenvalue weighted by atomic mass is 79.9. The lowest BCUT2D eigenvalue weighted by molar-refractivity contribution is 0.997. The summed E-state index contributed by atoms with van der Waals surface area (Å²) in [5.41, 5.74) is 3.03. The van der Waals surface area contributed by atoms with Gasteiger partial charge in [0, 0.05) is 22.6 Å². The standard InChI is InChI=1S/C12H12BrNO/c1-9-8-10-4-2-3-7-14(10)12(15)11(9)5-6-13/h2-4,7-8H,5-6H2,1H3. The van der Waals surface area contributed by atoms with Crippen LogP contribution in [0.1, 0.15) is 11.1 Å². The zero-order chi connectivity index (χ0) is 10.8. The highest BCUT2D eigenvalue weighted by Crippen LogP contribution is 2.09. The molecule has 0 bridgehead atoms. The first-order chi connectivity index (χ1) is 7.24. The fourth-order valence-electron chi connectivity index (χ4n) is 1.78. The van der Waals surface area contributed by atoms with Gasteiger partial charge >= 0.3 is 0 Å². The smallest absolute Gasteiger partial charge is 0.258 e.